The van der Waals surface area contributed by atoms with E-state index in [0.29, 0.717) is 5.75 Å². The number of hydrogen-bond donors (Lipinski definition) is 1. The zero-order valence-electron chi connectivity index (χ0n) is 8.74. The second-order valence-corrected chi connectivity index (χ2v) is 2.24. The van der Waals surface area contributed by atoms with Gasteiger partial charge in [-0.05, 0) is 26.0 Å². The Kier molecular flexibility index (Phi) is 11.7. The topological polar surface area (TPSA) is 37.3 Å². The average molecular weight is 182 g/mol. The second kappa shape index (κ2) is 10.7. The van der Waals surface area contributed by atoms with Gasteiger partial charge in [-0.1, -0.05) is 32.0 Å². The van der Waals surface area contributed by atoms with E-state index < -0.39 is 0 Å². The molecular formula is C11H18O2. The van der Waals surface area contributed by atoms with Gasteiger partial charge in [-0.25, -0.2) is 0 Å². The number of rotatable bonds is 0. The maximum absolute atomic E-state index is 9.44. The standard InChI is InChI=1S/C6H6O.C3H6O.C2H6/c7-6-4-2-1-3-5-6;1-3(2)4;1-2/h1-5,7H;1-2H3;1-2H3. The monoisotopic (exact) mass is 182 g/mol. The van der Waals surface area contributed by atoms with Crippen LogP contribution in [0.1, 0.15) is 27.7 Å². The van der Waals surface area contributed by atoms with E-state index in [2.05, 4.69) is 0 Å². The lowest BCUT2D eigenvalue weighted by Gasteiger charge is -1.82. The number of carbonyl (C=O) groups excluding carboxylic acids is 1. The number of ketones is 1. The molecule has 1 N–H and O–H groups in total. The van der Waals surface area contributed by atoms with E-state index >= 15 is 0 Å². The van der Waals surface area contributed by atoms with Crippen molar-refractivity contribution < 1.29 is 9.90 Å². The molecule has 0 radical (unpaired) electrons. The third kappa shape index (κ3) is 18.0. The molecule has 74 valence electrons. The molecule has 0 saturated carbocycles. The number of para-hydroxylation sites is 1. The highest BCUT2D eigenvalue weighted by molar-refractivity contribution is 5.72. The summed E-state index contributed by atoms with van der Waals surface area (Å²) in [6.45, 7) is 7.06. The fourth-order valence-electron chi connectivity index (χ4n) is 0.428. The highest BCUT2D eigenvalue weighted by Gasteiger charge is 1.74. The Labute approximate surface area is 80.2 Å². The van der Waals surface area contributed by atoms with Gasteiger partial charge in [-0.3, -0.25) is 0 Å². The molecule has 0 spiro atoms. The van der Waals surface area contributed by atoms with Crippen LogP contribution in [0.3, 0.4) is 0 Å². The Morgan fingerprint density at radius 2 is 1.38 bits per heavy atom. The van der Waals surface area contributed by atoms with E-state index in [1.807, 2.05) is 19.9 Å². The van der Waals surface area contributed by atoms with Crippen LogP contribution in [0.25, 0.3) is 0 Å². The summed E-state index contributed by atoms with van der Waals surface area (Å²) in [7, 11) is 0. The van der Waals surface area contributed by atoms with Crippen molar-refractivity contribution in [2.75, 3.05) is 0 Å². The molecule has 0 aliphatic heterocycles. The number of benzene rings is 1. The molecule has 0 aliphatic carbocycles. The molecular weight excluding hydrogens is 164 g/mol. The van der Waals surface area contributed by atoms with Gasteiger partial charge in [-0.2, -0.15) is 0 Å². The van der Waals surface area contributed by atoms with Crippen molar-refractivity contribution >= 4 is 5.78 Å². The Morgan fingerprint density at radius 1 is 1.08 bits per heavy atom. The van der Waals surface area contributed by atoms with Crippen LogP contribution in [-0.2, 0) is 4.79 Å². The smallest absolute Gasteiger partial charge is 0.126 e. The summed E-state index contributed by atoms with van der Waals surface area (Å²) in [6.07, 6.45) is 0. The normalized spacial score (nSPS) is 7.08. The maximum atomic E-state index is 9.44. The highest BCUT2D eigenvalue weighted by Crippen LogP contribution is 2.02. The predicted molar refractivity (Wildman–Crippen MR) is 55.8 cm³/mol. The molecule has 0 bridgehead atoms. The van der Waals surface area contributed by atoms with E-state index in [1.165, 1.54) is 13.8 Å². The Bertz CT molecular complexity index is 201. The number of aromatic hydroxyl groups is 1. The number of Topliss-reactive ketones (excluding diaryl/α,β-unsaturated/α-hetero) is 1. The van der Waals surface area contributed by atoms with Crippen molar-refractivity contribution in [3.8, 4) is 5.75 Å². The van der Waals surface area contributed by atoms with Crippen molar-refractivity contribution in [2.24, 2.45) is 0 Å². The molecule has 0 saturated heterocycles. The Balaban J connectivity index is 0. The van der Waals surface area contributed by atoms with E-state index in [1.54, 1.807) is 24.3 Å². The van der Waals surface area contributed by atoms with Gasteiger partial charge in [0.05, 0.1) is 0 Å². The van der Waals surface area contributed by atoms with Crippen LogP contribution in [0.2, 0.25) is 0 Å². The number of phenolic OH excluding ortho intramolecular Hbond substituents is 1. The molecule has 0 amide bonds. The maximum Gasteiger partial charge on any atom is 0.126 e. The lowest BCUT2D eigenvalue weighted by molar-refractivity contribution is -0.114. The van der Waals surface area contributed by atoms with Gasteiger partial charge in [0.1, 0.15) is 11.5 Å². The van der Waals surface area contributed by atoms with Crippen LogP contribution >= 0.6 is 0 Å². The van der Waals surface area contributed by atoms with Gasteiger partial charge in [0.2, 0.25) is 0 Å². The summed E-state index contributed by atoms with van der Waals surface area (Å²) in [6, 6.07) is 8.71. The molecule has 0 fully saturated rings. The van der Waals surface area contributed by atoms with E-state index in [9.17, 15) is 4.79 Å². The summed E-state index contributed by atoms with van der Waals surface area (Å²) >= 11 is 0. The zero-order valence-corrected chi connectivity index (χ0v) is 8.74. The van der Waals surface area contributed by atoms with E-state index in [4.69, 9.17) is 5.11 Å². The Hall–Kier alpha value is -1.31. The number of carbonyl (C=O) groups is 1. The number of hydrogen-bond acceptors (Lipinski definition) is 2. The van der Waals surface area contributed by atoms with Gasteiger partial charge in [0, 0.05) is 0 Å². The molecule has 1 aromatic rings. The summed E-state index contributed by atoms with van der Waals surface area (Å²) in [5, 5.41) is 8.63. The van der Waals surface area contributed by atoms with Gasteiger partial charge < -0.3 is 9.90 Å². The molecule has 2 heteroatoms. The molecule has 13 heavy (non-hydrogen) atoms. The van der Waals surface area contributed by atoms with Crippen LogP contribution in [0.4, 0.5) is 0 Å². The minimum atomic E-state index is 0.167. The van der Waals surface area contributed by atoms with E-state index in [-0.39, 0.29) is 5.78 Å². The first-order chi connectivity index (χ1) is 6.13. The van der Waals surface area contributed by atoms with Crippen molar-refractivity contribution in [3.63, 3.8) is 0 Å². The largest absolute Gasteiger partial charge is 0.508 e. The summed E-state index contributed by atoms with van der Waals surface area (Å²) < 4.78 is 0. The minimum absolute atomic E-state index is 0.167. The molecule has 0 unspecified atom stereocenters. The minimum Gasteiger partial charge on any atom is -0.508 e. The van der Waals surface area contributed by atoms with Crippen LogP contribution in [0.15, 0.2) is 30.3 Å². The molecule has 0 aliphatic rings. The quantitative estimate of drug-likeness (QED) is 0.669. The van der Waals surface area contributed by atoms with Crippen LogP contribution in [-0.4, -0.2) is 10.9 Å². The first-order valence-electron chi connectivity index (χ1n) is 4.34. The molecule has 0 atom stereocenters. The molecule has 0 heterocycles. The lowest BCUT2D eigenvalue weighted by atomic mass is 10.3. The van der Waals surface area contributed by atoms with Gasteiger partial charge in [0.15, 0.2) is 0 Å². The van der Waals surface area contributed by atoms with Crippen LogP contribution in [0.5, 0.6) is 5.75 Å². The Morgan fingerprint density at radius 3 is 1.54 bits per heavy atom. The first-order valence-corrected chi connectivity index (χ1v) is 4.34. The molecule has 0 aromatic heterocycles. The van der Waals surface area contributed by atoms with Gasteiger partial charge in [-0.15, -0.1) is 0 Å². The van der Waals surface area contributed by atoms with Crippen molar-refractivity contribution in [3.05, 3.63) is 30.3 Å². The predicted octanol–water partition coefficient (Wildman–Crippen LogP) is 3.01. The van der Waals surface area contributed by atoms with Gasteiger partial charge in [0.25, 0.3) is 0 Å². The highest BCUT2D eigenvalue weighted by atomic mass is 16.3. The van der Waals surface area contributed by atoms with Crippen molar-refractivity contribution in [1.29, 1.82) is 0 Å². The van der Waals surface area contributed by atoms with E-state index in [0.717, 1.165) is 0 Å². The summed E-state index contributed by atoms with van der Waals surface area (Å²) in [4.78, 5) is 9.44. The van der Waals surface area contributed by atoms with Crippen molar-refractivity contribution in [1.82, 2.24) is 0 Å². The van der Waals surface area contributed by atoms with Gasteiger partial charge >= 0.3 is 0 Å². The van der Waals surface area contributed by atoms with Crippen LogP contribution in [0, 0.1) is 0 Å². The second-order valence-electron chi connectivity index (χ2n) is 2.24. The van der Waals surface area contributed by atoms with Crippen LogP contribution < -0.4 is 0 Å². The average Bonchev–Trinajstić information content (AvgIpc) is 2.08. The molecule has 1 rings (SSSR count). The lowest BCUT2D eigenvalue weighted by Crippen LogP contribution is -1.69. The third-order valence-corrected chi connectivity index (χ3v) is 0.756. The van der Waals surface area contributed by atoms with Crippen molar-refractivity contribution in [2.45, 2.75) is 27.7 Å². The fourth-order valence-corrected chi connectivity index (χ4v) is 0.428. The molecule has 1 aromatic carbocycles. The molecule has 2 nitrogen and oxygen atoms in total. The summed E-state index contributed by atoms with van der Waals surface area (Å²) in [5.74, 6) is 0.488. The third-order valence-electron chi connectivity index (χ3n) is 0.756. The SMILES string of the molecule is CC.CC(C)=O.Oc1ccccc1. The fraction of sp³-hybridized carbons (Fsp3) is 0.364. The summed E-state index contributed by atoms with van der Waals surface area (Å²) in [5.41, 5.74) is 0. The zero-order chi connectivity index (χ0) is 10.7. The number of phenols is 1. The first kappa shape index (κ1) is 14.2.